The summed E-state index contributed by atoms with van der Waals surface area (Å²) in [5, 5.41) is 14.7. The zero-order chi connectivity index (χ0) is 13.9. The van der Waals surface area contributed by atoms with Crippen molar-refractivity contribution in [2.75, 3.05) is 0 Å². The zero-order valence-electron chi connectivity index (χ0n) is 12.7. The minimum atomic E-state index is -0.113. The van der Waals surface area contributed by atoms with Crippen LogP contribution >= 0.6 is 0 Å². The third kappa shape index (κ3) is 3.25. The van der Waals surface area contributed by atoms with Crippen molar-refractivity contribution in [2.24, 2.45) is 24.8 Å². The normalized spacial score (nSPS) is 31.8. The number of nitrogens with zero attached hydrogens (tertiary/aromatic N) is 2. The SMILES string of the molecule is Cn1cc(CCC(O)C2CCC3CCCCC3C2)cn1. The lowest BCUT2D eigenvalue weighted by molar-refractivity contribution is 0.0314. The van der Waals surface area contributed by atoms with Crippen LogP contribution in [0.3, 0.4) is 0 Å². The van der Waals surface area contributed by atoms with Gasteiger partial charge in [0.2, 0.25) is 0 Å². The molecule has 3 nitrogen and oxygen atoms in total. The molecular formula is C17H28N2O. The molecule has 3 rings (SSSR count). The van der Waals surface area contributed by atoms with Gasteiger partial charge in [0.15, 0.2) is 0 Å². The van der Waals surface area contributed by atoms with Crippen LogP contribution in [0.15, 0.2) is 12.4 Å². The number of hydrogen-bond acceptors (Lipinski definition) is 2. The Morgan fingerprint density at radius 2 is 2.05 bits per heavy atom. The van der Waals surface area contributed by atoms with Crippen LogP contribution < -0.4 is 0 Å². The second kappa shape index (κ2) is 6.30. The first-order valence-electron chi connectivity index (χ1n) is 8.38. The number of aryl methyl sites for hydroxylation is 2. The first kappa shape index (κ1) is 14.1. The Bertz CT molecular complexity index is 428. The molecule has 0 aliphatic heterocycles. The van der Waals surface area contributed by atoms with E-state index in [0.29, 0.717) is 5.92 Å². The van der Waals surface area contributed by atoms with Crippen LogP contribution in [0.2, 0.25) is 0 Å². The maximum Gasteiger partial charge on any atom is 0.0571 e. The predicted molar refractivity (Wildman–Crippen MR) is 80.3 cm³/mol. The van der Waals surface area contributed by atoms with E-state index < -0.39 is 0 Å². The van der Waals surface area contributed by atoms with Crippen molar-refractivity contribution < 1.29 is 5.11 Å². The molecule has 0 radical (unpaired) electrons. The van der Waals surface area contributed by atoms with Gasteiger partial charge in [0, 0.05) is 13.2 Å². The van der Waals surface area contributed by atoms with Gasteiger partial charge in [-0.1, -0.05) is 25.7 Å². The fourth-order valence-electron chi connectivity index (χ4n) is 4.41. The van der Waals surface area contributed by atoms with Crippen molar-refractivity contribution in [1.82, 2.24) is 9.78 Å². The van der Waals surface area contributed by atoms with Crippen LogP contribution in [-0.4, -0.2) is 21.0 Å². The average molecular weight is 276 g/mol. The highest BCUT2D eigenvalue weighted by Crippen LogP contribution is 2.43. The Hall–Kier alpha value is -0.830. The zero-order valence-corrected chi connectivity index (χ0v) is 12.7. The minimum Gasteiger partial charge on any atom is -0.393 e. The summed E-state index contributed by atoms with van der Waals surface area (Å²) in [4.78, 5) is 0. The minimum absolute atomic E-state index is 0.113. The standard InChI is InChI=1S/C17H28N2O/c1-19-12-13(11-18-19)6-9-17(20)16-8-7-14-4-2-3-5-15(14)10-16/h11-12,14-17,20H,2-10H2,1H3. The van der Waals surface area contributed by atoms with E-state index in [9.17, 15) is 5.11 Å². The summed E-state index contributed by atoms with van der Waals surface area (Å²) in [5.41, 5.74) is 1.25. The summed E-state index contributed by atoms with van der Waals surface area (Å²) in [6.07, 6.45) is 15.3. The van der Waals surface area contributed by atoms with Crippen LogP contribution in [0, 0.1) is 17.8 Å². The lowest BCUT2D eigenvalue weighted by atomic mass is 9.66. The first-order valence-corrected chi connectivity index (χ1v) is 8.38. The van der Waals surface area contributed by atoms with E-state index in [0.717, 1.165) is 24.7 Å². The highest BCUT2D eigenvalue weighted by Gasteiger charge is 2.34. The number of aromatic nitrogens is 2. The molecule has 0 saturated heterocycles. The number of aliphatic hydroxyl groups is 1. The molecule has 0 bridgehead atoms. The third-order valence-electron chi connectivity index (χ3n) is 5.61. The van der Waals surface area contributed by atoms with Crippen LogP contribution in [0.5, 0.6) is 0 Å². The topological polar surface area (TPSA) is 38.0 Å². The van der Waals surface area contributed by atoms with E-state index in [1.165, 1.54) is 50.5 Å². The molecule has 4 atom stereocenters. The van der Waals surface area contributed by atoms with Gasteiger partial charge < -0.3 is 5.11 Å². The van der Waals surface area contributed by atoms with E-state index in [4.69, 9.17) is 0 Å². The lowest BCUT2D eigenvalue weighted by Gasteiger charge is -2.40. The van der Waals surface area contributed by atoms with E-state index in [1.54, 1.807) is 0 Å². The summed E-state index contributed by atoms with van der Waals surface area (Å²) in [7, 11) is 1.95. The molecule has 0 amide bonds. The number of rotatable bonds is 4. The Morgan fingerprint density at radius 1 is 1.25 bits per heavy atom. The molecule has 1 N–H and O–H groups in total. The molecule has 1 aromatic heterocycles. The quantitative estimate of drug-likeness (QED) is 0.916. The van der Waals surface area contributed by atoms with Crippen molar-refractivity contribution in [3.63, 3.8) is 0 Å². The van der Waals surface area contributed by atoms with E-state index in [-0.39, 0.29) is 6.10 Å². The highest BCUT2D eigenvalue weighted by molar-refractivity contribution is 5.04. The van der Waals surface area contributed by atoms with E-state index >= 15 is 0 Å². The summed E-state index contributed by atoms with van der Waals surface area (Å²) in [5.74, 6) is 2.44. The van der Waals surface area contributed by atoms with Crippen LogP contribution in [-0.2, 0) is 13.5 Å². The van der Waals surface area contributed by atoms with Crippen molar-refractivity contribution in [3.05, 3.63) is 18.0 Å². The lowest BCUT2D eigenvalue weighted by Crippen LogP contribution is -2.33. The van der Waals surface area contributed by atoms with Crippen LogP contribution in [0.1, 0.15) is 56.9 Å². The third-order valence-corrected chi connectivity index (χ3v) is 5.61. The van der Waals surface area contributed by atoms with Gasteiger partial charge in [-0.25, -0.2) is 0 Å². The molecule has 20 heavy (non-hydrogen) atoms. The summed E-state index contributed by atoms with van der Waals surface area (Å²) in [6.45, 7) is 0. The van der Waals surface area contributed by atoms with Crippen LogP contribution in [0.25, 0.3) is 0 Å². The highest BCUT2D eigenvalue weighted by atomic mass is 16.3. The fraction of sp³-hybridized carbons (Fsp3) is 0.824. The average Bonchev–Trinajstić information content (AvgIpc) is 2.90. The molecular weight excluding hydrogens is 248 g/mol. The number of aliphatic hydroxyl groups excluding tert-OH is 1. The van der Waals surface area contributed by atoms with Crippen molar-refractivity contribution >= 4 is 0 Å². The number of fused-ring (bicyclic) bond motifs is 1. The fourth-order valence-corrected chi connectivity index (χ4v) is 4.41. The van der Waals surface area contributed by atoms with Gasteiger partial charge in [-0.15, -0.1) is 0 Å². The first-order chi connectivity index (χ1) is 9.72. The molecule has 1 aromatic rings. The van der Waals surface area contributed by atoms with Gasteiger partial charge in [-0.3, -0.25) is 4.68 Å². The smallest absolute Gasteiger partial charge is 0.0571 e. The van der Waals surface area contributed by atoms with Gasteiger partial charge in [0.1, 0.15) is 0 Å². The Balaban J connectivity index is 1.48. The van der Waals surface area contributed by atoms with Crippen molar-refractivity contribution in [2.45, 2.75) is 63.9 Å². The molecule has 2 fully saturated rings. The molecule has 2 saturated carbocycles. The molecule has 1 heterocycles. The molecule has 4 unspecified atom stereocenters. The summed E-state index contributed by atoms with van der Waals surface area (Å²) in [6, 6.07) is 0. The van der Waals surface area contributed by atoms with Crippen molar-refractivity contribution in [3.8, 4) is 0 Å². The molecule has 0 spiro atoms. The Labute approximate surface area is 122 Å². The second-order valence-electron chi connectivity index (χ2n) is 7.01. The Kier molecular flexibility index (Phi) is 4.45. The molecule has 0 aromatic carbocycles. The summed E-state index contributed by atoms with van der Waals surface area (Å²) >= 11 is 0. The van der Waals surface area contributed by atoms with E-state index in [1.807, 2.05) is 17.9 Å². The second-order valence-corrected chi connectivity index (χ2v) is 7.01. The van der Waals surface area contributed by atoms with E-state index in [2.05, 4.69) is 11.3 Å². The van der Waals surface area contributed by atoms with Gasteiger partial charge in [-0.05, 0) is 55.4 Å². The number of hydrogen-bond donors (Lipinski definition) is 1. The monoisotopic (exact) mass is 276 g/mol. The van der Waals surface area contributed by atoms with Gasteiger partial charge in [-0.2, -0.15) is 5.10 Å². The molecule has 2 aliphatic carbocycles. The molecule has 112 valence electrons. The van der Waals surface area contributed by atoms with Gasteiger partial charge >= 0.3 is 0 Å². The largest absolute Gasteiger partial charge is 0.393 e. The van der Waals surface area contributed by atoms with Crippen LogP contribution in [0.4, 0.5) is 0 Å². The maximum absolute atomic E-state index is 10.5. The van der Waals surface area contributed by atoms with Gasteiger partial charge in [0.05, 0.1) is 12.3 Å². The van der Waals surface area contributed by atoms with Crippen molar-refractivity contribution in [1.29, 1.82) is 0 Å². The van der Waals surface area contributed by atoms with Gasteiger partial charge in [0.25, 0.3) is 0 Å². The summed E-state index contributed by atoms with van der Waals surface area (Å²) < 4.78 is 1.84. The Morgan fingerprint density at radius 3 is 2.80 bits per heavy atom. The predicted octanol–water partition coefficient (Wildman–Crippen LogP) is 3.32. The maximum atomic E-state index is 10.5. The molecule has 3 heteroatoms. The molecule has 2 aliphatic rings.